The van der Waals surface area contributed by atoms with E-state index in [1.165, 1.54) is 6.07 Å². The van der Waals surface area contributed by atoms with Crippen molar-refractivity contribution in [3.05, 3.63) is 28.3 Å². The number of nitro groups is 1. The molecule has 2 fully saturated rings. The van der Waals surface area contributed by atoms with Gasteiger partial charge in [-0.05, 0) is 24.5 Å². The maximum Gasteiger partial charge on any atom is 0.311 e. The highest BCUT2D eigenvalue weighted by Crippen LogP contribution is 2.37. The molecule has 0 aromatic heterocycles. The lowest BCUT2D eigenvalue weighted by Gasteiger charge is -2.29. The quantitative estimate of drug-likeness (QED) is 0.568. The van der Waals surface area contributed by atoms with Crippen molar-refractivity contribution in [3.63, 3.8) is 0 Å². The van der Waals surface area contributed by atoms with Gasteiger partial charge in [0, 0.05) is 39.0 Å². The second-order valence-electron chi connectivity index (χ2n) is 6.67. The molecular weight excluding hydrogens is 346 g/mol. The van der Waals surface area contributed by atoms with Crippen LogP contribution in [0, 0.1) is 16.0 Å². The van der Waals surface area contributed by atoms with Crippen LogP contribution in [0.3, 0.4) is 0 Å². The van der Waals surface area contributed by atoms with Gasteiger partial charge in [0.2, 0.25) is 0 Å². The first-order valence-electron chi connectivity index (χ1n) is 8.39. The highest BCUT2D eigenvalue weighted by molar-refractivity contribution is 7.90. The normalized spacial score (nSPS) is 22.3. The molecule has 0 spiro atoms. The van der Waals surface area contributed by atoms with E-state index in [1.807, 2.05) is 4.90 Å². The van der Waals surface area contributed by atoms with E-state index in [-0.39, 0.29) is 10.6 Å². The molecule has 1 aromatic rings. The number of para-hydroxylation sites is 1. The first kappa shape index (κ1) is 18.1. The van der Waals surface area contributed by atoms with Gasteiger partial charge in [0.1, 0.15) is 10.6 Å². The number of hydrogen-bond donors (Lipinski definition) is 0. The summed E-state index contributed by atoms with van der Waals surface area (Å²) < 4.78 is 29.2. The Morgan fingerprint density at radius 3 is 2.64 bits per heavy atom. The molecule has 1 atom stereocenters. The molecule has 2 aliphatic heterocycles. The summed E-state index contributed by atoms with van der Waals surface area (Å²) in [6.45, 7) is 5.67. The predicted octanol–water partition coefficient (Wildman–Crippen LogP) is 1.16. The van der Waals surface area contributed by atoms with Crippen molar-refractivity contribution in [2.75, 3.05) is 57.1 Å². The molecule has 8 nitrogen and oxygen atoms in total. The van der Waals surface area contributed by atoms with Crippen LogP contribution in [-0.2, 0) is 14.6 Å². The molecular formula is C16H23N3O5S. The fourth-order valence-electron chi connectivity index (χ4n) is 3.60. The minimum Gasteiger partial charge on any atom is -0.379 e. The molecule has 0 saturated carbocycles. The summed E-state index contributed by atoms with van der Waals surface area (Å²) >= 11 is 0. The molecule has 2 heterocycles. The van der Waals surface area contributed by atoms with E-state index in [2.05, 4.69) is 4.90 Å². The zero-order valence-electron chi connectivity index (χ0n) is 14.3. The van der Waals surface area contributed by atoms with Crippen LogP contribution in [0.1, 0.15) is 6.42 Å². The van der Waals surface area contributed by atoms with Crippen molar-refractivity contribution in [2.45, 2.75) is 11.3 Å². The first-order valence-corrected chi connectivity index (χ1v) is 10.3. The zero-order valence-corrected chi connectivity index (χ0v) is 15.1. The SMILES string of the molecule is CS(=O)(=O)c1cccc(N2CCC(CN3CCOCC3)C2)c1[N+](=O)[O-]. The van der Waals surface area contributed by atoms with E-state index in [1.54, 1.807) is 12.1 Å². The van der Waals surface area contributed by atoms with Crippen LogP contribution in [0.25, 0.3) is 0 Å². The summed E-state index contributed by atoms with van der Waals surface area (Å²) in [5.74, 6) is 0.416. The summed E-state index contributed by atoms with van der Waals surface area (Å²) in [7, 11) is -3.66. The summed E-state index contributed by atoms with van der Waals surface area (Å²) in [6, 6.07) is 4.52. The monoisotopic (exact) mass is 369 g/mol. The van der Waals surface area contributed by atoms with Gasteiger partial charge < -0.3 is 9.64 Å². The van der Waals surface area contributed by atoms with E-state index < -0.39 is 14.8 Å². The Bertz CT molecular complexity index is 746. The number of morpholine rings is 1. The number of hydrogen-bond acceptors (Lipinski definition) is 7. The van der Waals surface area contributed by atoms with Crippen LogP contribution in [0.2, 0.25) is 0 Å². The number of sulfone groups is 1. The van der Waals surface area contributed by atoms with E-state index in [9.17, 15) is 18.5 Å². The van der Waals surface area contributed by atoms with Crippen molar-refractivity contribution >= 4 is 21.2 Å². The highest BCUT2D eigenvalue weighted by atomic mass is 32.2. The molecule has 3 rings (SSSR count). The molecule has 0 amide bonds. The van der Waals surface area contributed by atoms with E-state index >= 15 is 0 Å². The molecule has 25 heavy (non-hydrogen) atoms. The molecule has 0 radical (unpaired) electrons. The molecule has 0 aliphatic carbocycles. The third kappa shape index (κ3) is 4.10. The maximum absolute atomic E-state index is 11.9. The molecule has 0 N–H and O–H groups in total. The molecule has 1 aromatic carbocycles. The standard InChI is InChI=1S/C16H23N3O5S/c1-25(22,23)15-4-2-3-14(16(15)19(20)21)18-6-5-13(12-18)11-17-7-9-24-10-8-17/h2-4,13H,5-12H2,1H3. The van der Waals surface area contributed by atoms with E-state index in [0.29, 0.717) is 24.7 Å². The number of nitrogens with zero attached hydrogens (tertiary/aromatic N) is 3. The number of benzene rings is 1. The Balaban J connectivity index is 1.79. The molecule has 2 aliphatic rings. The Morgan fingerprint density at radius 1 is 1.28 bits per heavy atom. The van der Waals surface area contributed by atoms with Gasteiger partial charge in [-0.1, -0.05) is 6.07 Å². The van der Waals surface area contributed by atoms with Crippen molar-refractivity contribution in [1.82, 2.24) is 4.90 Å². The lowest BCUT2D eigenvalue weighted by Crippen LogP contribution is -2.39. The Labute approximate surface area is 147 Å². The van der Waals surface area contributed by atoms with E-state index in [4.69, 9.17) is 4.74 Å². The summed E-state index contributed by atoms with van der Waals surface area (Å²) in [5, 5.41) is 11.5. The van der Waals surface area contributed by atoms with Gasteiger partial charge in [-0.15, -0.1) is 0 Å². The Morgan fingerprint density at radius 2 is 2.00 bits per heavy atom. The molecule has 9 heteroatoms. The maximum atomic E-state index is 11.9. The number of anilines is 1. The van der Waals surface area contributed by atoms with Crippen molar-refractivity contribution in [3.8, 4) is 0 Å². The first-order chi connectivity index (χ1) is 11.9. The molecule has 138 valence electrons. The lowest BCUT2D eigenvalue weighted by molar-refractivity contribution is -0.387. The smallest absolute Gasteiger partial charge is 0.311 e. The zero-order chi connectivity index (χ0) is 18.0. The minimum atomic E-state index is -3.66. The third-order valence-corrected chi connectivity index (χ3v) is 5.93. The van der Waals surface area contributed by atoms with Crippen molar-refractivity contribution in [2.24, 2.45) is 5.92 Å². The average molecular weight is 369 g/mol. The van der Waals surface area contributed by atoms with Gasteiger partial charge >= 0.3 is 5.69 Å². The van der Waals surface area contributed by atoms with Crippen LogP contribution < -0.4 is 4.90 Å². The molecule has 0 bridgehead atoms. The number of ether oxygens (including phenoxy) is 1. The molecule has 1 unspecified atom stereocenters. The second kappa shape index (κ2) is 7.27. The van der Waals surface area contributed by atoms with Gasteiger partial charge in [-0.25, -0.2) is 8.42 Å². The van der Waals surface area contributed by atoms with Gasteiger partial charge in [-0.3, -0.25) is 15.0 Å². The Kier molecular flexibility index (Phi) is 5.26. The van der Waals surface area contributed by atoms with Crippen LogP contribution in [0.5, 0.6) is 0 Å². The fraction of sp³-hybridized carbons (Fsp3) is 0.625. The van der Waals surface area contributed by atoms with E-state index in [0.717, 1.165) is 45.5 Å². The van der Waals surface area contributed by atoms with Crippen molar-refractivity contribution < 1.29 is 18.1 Å². The largest absolute Gasteiger partial charge is 0.379 e. The lowest BCUT2D eigenvalue weighted by atomic mass is 10.1. The number of nitro benzene ring substituents is 1. The minimum absolute atomic E-state index is 0.216. The fourth-order valence-corrected chi connectivity index (χ4v) is 4.45. The highest BCUT2D eigenvalue weighted by Gasteiger charge is 2.33. The van der Waals surface area contributed by atoms with Crippen molar-refractivity contribution in [1.29, 1.82) is 0 Å². The van der Waals surface area contributed by atoms with Gasteiger partial charge in [0.25, 0.3) is 0 Å². The average Bonchev–Trinajstić information content (AvgIpc) is 3.02. The summed E-state index contributed by atoms with van der Waals surface area (Å²) in [5.41, 5.74) is 0.0921. The second-order valence-corrected chi connectivity index (χ2v) is 8.65. The Hall–Kier alpha value is -1.71. The van der Waals surface area contributed by atoms with Gasteiger partial charge in [-0.2, -0.15) is 0 Å². The summed E-state index contributed by atoms with van der Waals surface area (Å²) in [6.07, 6.45) is 1.95. The van der Waals surface area contributed by atoms with Crippen LogP contribution >= 0.6 is 0 Å². The van der Waals surface area contributed by atoms with Crippen LogP contribution in [0.15, 0.2) is 23.1 Å². The number of rotatable bonds is 5. The van der Waals surface area contributed by atoms with Gasteiger partial charge in [0.05, 0.1) is 18.1 Å². The van der Waals surface area contributed by atoms with Gasteiger partial charge in [0.15, 0.2) is 9.84 Å². The predicted molar refractivity (Wildman–Crippen MR) is 93.8 cm³/mol. The summed E-state index contributed by atoms with van der Waals surface area (Å²) in [4.78, 5) is 15.0. The topological polar surface area (TPSA) is 93.0 Å². The van der Waals surface area contributed by atoms with Crippen LogP contribution in [-0.4, -0.2) is 70.4 Å². The molecule has 2 saturated heterocycles. The third-order valence-electron chi connectivity index (χ3n) is 4.81. The van der Waals surface area contributed by atoms with Crippen LogP contribution in [0.4, 0.5) is 11.4 Å².